The highest BCUT2D eigenvalue weighted by atomic mass is 32.2. The van der Waals surface area contributed by atoms with Crippen LogP contribution in [-0.4, -0.2) is 24.5 Å². The van der Waals surface area contributed by atoms with Crippen molar-refractivity contribution in [2.24, 2.45) is 5.92 Å². The number of carbonyl (C=O) groups excluding carboxylic acids is 1. The number of thioether (sulfide) groups is 1. The molecular formula is C8H17NOS. The molecule has 0 aromatic rings. The first-order chi connectivity index (χ1) is 5.18. The number of hydrogen-bond acceptors (Lipinski definition) is 2. The molecule has 0 aliphatic heterocycles. The second-order valence-electron chi connectivity index (χ2n) is 2.79. The smallest absolute Gasteiger partial charge is 0.222 e. The molecule has 66 valence electrons. The molecule has 0 atom stereocenters. The first-order valence-corrected chi connectivity index (χ1v) is 5.34. The van der Waals surface area contributed by atoms with Gasteiger partial charge in [0.2, 0.25) is 5.91 Å². The van der Waals surface area contributed by atoms with Crippen molar-refractivity contribution in [1.82, 2.24) is 5.32 Å². The van der Waals surface area contributed by atoms with Crippen molar-refractivity contribution in [3.05, 3.63) is 0 Å². The Morgan fingerprint density at radius 2 is 2.18 bits per heavy atom. The molecule has 0 aliphatic carbocycles. The molecular weight excluding hydrogens is 158 g/mol. The van der Waals surface area contributed by atoms with E-state index in [1.165, 1.54) is 0 Å². The molecule has 0 heterocycles. The summed E-state index contributed by atoms with van der Waals surface area (Å²) in [6.45, 7) is 4.63. The standard InChI is InChI=1S/C8H17NOS/c1-7(2)8(10)9-5-4-6-11-3/h7H,4-6H2,1-3H3,(H,9,10). The van der Waals surface area contributed by atoms with Gasteiger partial charge in [-0.25, -0.2) is 0 Å². The molecule has 1 N–H and O–H groups in total. The Morgan fingerprint density at radius 3 is 2.64 bits per heavy atom. The zero-order valence-corrected chi connectivity index (χ0v) is 8.33. The van der Waals surface area contributed by atoms with E-state index in [-0.39, 0.29) is 11.8 Å². The topological polar surface area (TPSA) is 29.1 Å². The molecule has 3 heteroatoms. The van der Waals surface area contributed by atoms with E-state index in [9.17, 15) is 4.79 Å². The minimum atomic E-state index is 0.115. The van der Waals surface area contributed by atoms with Crippen LogP contribution in [0.5, 0.6) is 0 Å². The molecule has 0 rings (SSSR count). The third-order valence-electron chi connectivity index (χ3n) is 1.35. The summed E-state index contributed by atoms with van der Waals surface area (Å²) in [7, 11) is 0. The van der Waals surface area contributed by atoms with Gasteiger partial charge < -0.3 is 5.32 Å². The third kappa shape index (κ3) is 6.23. The monoisotopic (exact) mass is 175 g/mol. The van der Waals surface area contributed by atoms with Crippen LogP contribution in [0, 0.1) is 5.92 Å². The van der Waals surface area contributed by atoms with E-state index in [1.54, 1.807) is 0 Å². The summed E-state index contributed by atoms with van der Waals surface area (Å²) in [6, 6.07) is 0. The fourth-order valence-corrected chi connectivity index (χ4v) is 1.07. The van der Waals surface area contributed by atoms with Gasteiger partial charge in [-0.05, 0) is 18.4 Å². The van der Waals surface area contributed by atoms with Gasteiger partial charge in [-0.2, -0.15) is 11.8 Å². The van der Waals surface area contributed by atoms with Crippen molar-refractivity contribution < 1.29 is 4.79 Å². The molecule has 0 radical (unpaired) electrons. The summed E-state index contributed by atoms with van der Waals surface area (Å²) >= 11 is 1.81. The van der Waals surface area contributed by atoms with Crippen molar-refractivity contribution in [3.8, 4) is 0 Å². The van der Waals surface area contributed by atoms with Crippen LogP contribution in [-0.2, 0) is 4.79 Å². The quantitative estimate of drug-likeness (QED) is 0.642. The van der Waals surface area contributed by atoms with Crippen molar-refractivity contribution in [3.63, 3.8) is 0 Å². The van der Waals surface area contributed by atoms with E-state index in [1.807, 2.05) is 25.6 Å². The van der Waals surface area contributed by atoms with Crippen LogP contribution < -0.4 is 5.32 Å². The van der Waals surface area contributed by atoms with Gasteiger partial charge in [0.25, 0.3) is 0 Å². The molecule has 0 aliphatic rings. The van der Waals surface area contributed by atoms with Gasteiger partial charge >= 0.3 is 0 Å². The van der Waals surface area contributed by atoms with E-state index in [4.69, 9.17) is 0 Å². The minimum Gasteiger partial charge on any atom is -0.356 e. The van der Waals surface area contributed by atoms with E-state index in [2.05, 4.69) is 11.6 Å². The normalized spacial score (nSPS) is 10.2. The Morgan fingerprint density at radius 1 is 1.55 bits per heavy atom. The molecule has 0 bridgehead atoms. The van der Waals surface area contributed by atoms with E-state index in [0.29, 0.717) is 0 Å². The largest absolute Gasteiger partial charge is 0.356 e. The SMILES string of the molecule is CSCCCNC(=O)C(C)C. The average Bonchev–Trinajstić information content (AvgIpc) is 1.97. The van der Waals surface area contributed by atoms with Gasteiger partial charge in [0.05, 0.1) is 0 Å². The Labute approximate surface area is 73.1 Å². The Hall–Kier alpha value is -0.180. The van der Waals surface area contributed by atoms with Gasteiger partial charge in [0, 0.05) is 12.5 Å². The predicted molar refractivity (Wildman–Crippen MR) is 50.8 cm³/mol. The van der Waals surface area contributed by atoms with Crippen molar-refractivity contribution in [2.45, 2.75) is 20.3 Å². The van der Waals surface area contributed by atoms with Crippen molar-refractivity contribution in [2.75, 3.05) is 18.6 Å². The highest BCUT2D eigenvalue weighted by Crippen LogP contribution is 1.95. The maximum Gasteiger partial charge on any atom is 0.222 e. The summed E-state index contributed by atoms with van der Waals surface area (Å²) in [5.41, 5.74) is 0. The Kier molecular flexibility index (Phi) is 6.42. The van der Waals surface area contributed by atoms with Gasteiger partial charge in [-0.15, -0.1) is 0 Å². The molecule has 0 spiro atoms. The highest BCUT2D eigenvalue weighted by molar-refractivity contribution is 7.98. The molecule has 2 nitrogen and oxygen atoms in total. The summed E-state index contributed by atoms with van der Waals surface area (Å²) in [5.74, 6) is 1.40. The zero-order valence-electron chi connectivity index (χ0n) is 7.52. The van der Waals surface area contributed by atoms with Crippen LogP contribution in [0.25, 0.3) is 0 Å². The number of nitrogens with one attached hydrogen (secondary N) is 1. The lowest BCUT2D eigenvalue weighted by Gasteiger charge is -2.05. The van der Waals surface area contributed by atoms with Crippen molar-refractivity contribution in [1.29, 1.82) is 0 Å². The number of hydrogen-bond donors (Lipinski definition) is 1. The molecule has 0 aromatic heterocycles. The van der Waals surface area contributed by atoms with Crippen molar-refractivity contribution >= 4 is 17.7 Å². The molecule has 0 aromatic carbocycles. The number of carbonyl (C=O) groups is 1. The molecule has 0 saturated heterocycles. The number of rotatable bonds is 5. The summed E-state index contributed by atoms with van der Waals surface area (Å²) in [5, 5.41) is 2.86. The fraction of sp³-hybridized carbons (Fsp3) is 0.875. The van der Waals surface area contributed by atoms with Crippen LogP contribution in [0.2, 0.25) is 0 Å². The van der Waals surface area contributed by atoms with Gasteiger partial charge in [0.1, 0.15) is 0 Å². The highest BCUT2D eigenvalue weighted by Gasteiger charge is 2.03. The lowest BCUT2D eigenvalue weighted by atomic mass is 10.2. The summed E-state index contributed by atoms with van der Waals surface area (Å²) in [6.07, 6.45) is 3.14. The fourth-order valence-electron chi connectivity index (χ4n) is 0.632. The van der Waals surface area contributed by atoms with E-state index in [0.717, 1.165) is 18.7 Å². The molecule has 0 saturated carbocycles. The first kappa shape index (κ1) is 10.8. The van der Waals surface area contributed by atoms with Crippen LogP contribution in [0.3, 0.4) is 0 Å². The molecule has 1 amide bonds. The Bertz CT molecular complexity index is 115. The second-order valence-corrected chi connectivity index (χ2v) is 3.78. The average molecular weight is 175 g/mol. The van der Waals surface area contributed by atoms with Gasteiger partial charge in [-0.3, -0.25) is 4.79 Å². The number of amides is 1. The molecule has 11 heavy (non-hydrogen) atoms. The summed E-state index contributed by atoms with van der Waals surface area (Å²) < 4.78 is 0. The molecule has 0 unspecified atom stereocenters. The molecule has 0 fully saturated rings. The van der Waals surface area contributed by atoms with E-state index < -0.39 is 0 Å². The third-order valence-corrected chi connectivity index (χ3v) is 2.05. The van der Waals surface area contributed by atoms with E-state index >= 15 is 0 Å². The summed E-state index contributed by atoms with van der Waals surface area (Å²) in [4.78, 5) is 11.0. The maximum atomic E-state index is 11.0. The maximum absolute atomic E-state index is 11.0. The van der Waals surface area contributed by atoms with Crippen LogP contribution in [0.15, 0.2) is 0 Å². The van der Waals surface area contributed by atoms with Crippen LogP contribution in [0.4, 0.5) is 0 Å². The lowest BCUT2D eigenvalue weighted by Crippen LogP contribution is -2.28. The van der Waals surface area contributed by atoms with Gasteiger partial charge in [-0.1, -0.05) is 13.8 Å². The zero-order chi connectivity index (χ0) is 8.69. The predicted octanol–water partition coefficient (Wildman–Crippen LogP) is 1.51. The van der Waals surface area contributed by atoms with Crippen LogP contribution in [0.1, 0.15) is 20.3 Å². The van der Waals surface area contributed by atoms with Crippen LogP contribution >= 0.6 is 11.8 Å². The van der Waals surface area contributed by atoms with Gasteiger partial charge in [0.15, 0.2) is 0 Å². The first-order valence-electron chi connectivity index (χ1n) is 3.95. The lowest BCUT2D eigenvalue weighted by molar-refractivity contribution is -0.123. The second kappa shape index (κ2) is 6.53. The minimum absolute atomic E-state index is 0.115. The Balaban J connectivity index is 3.18.